The quantitative estimate of drug-likeness (QED) is 0.195. The second-order valence-corrected chi connectivity index (χ2v) is 13.3. The number of hydrogen-bond acceptors (Lipinski definition) is 3. The minimum atomic E-state index is -7.01. The van der Waals surface area contributed by atoms with Gasteiger partial charge in [-0.2, -0.15) is 105 Å². The molecule has 0 spiro atoms. The SMILES string of the molecule is CC1(F)C(F)(F)C2(F)C(F)(F)C(F)(F)C1(F)C2(F)F.COC(=O)C1(F)C(F)(F)C2(F)C(F)(F)C(F)(F)C1(F)C2(F)F.O=C1C(F)(F)C2(F)C(F)(F)C(F)(F)C1(F)C2(F)F. The second kappa shape index (κ2) is 10.4. The topological polar surface area (TPSA) is 43.4 Å². The van der Waals surface area contributed by atoms with Crippen LogP contribution < -0.4 is 0 Å². The van der Waals surface area contributed by atoms with E-state index in [1.54, 1.807) is 0 Å². The number of esters is 1. The fourth-order valence-corrected chi connectivity index (χ4v) is 7.46. The molecular formula is C24H6F32O3. The van der Waals surface area contributed by atoms with Crippen LogP contribution in [0.4, 0.5) is 140 Å². The Morgan fingerprint density at radius 2 is 0.644 bits per heavy atom. The summed E-state index contributed by atoms with van der Waals surface area (Å²) in [5.41, 5.74) is -51.7. The van der Waals surface area contributed by atoms with Crippen LogP contribution in [0.25, 0.3) is 0 Å². The Labute approximate surface area is 298 Å². The predicted molar refractivity (Wildman–Crippen MR) is 113 cm³/mol. The Morgan fingerprint density at radius 1 is 0.356 bits per heavy atom. The molecule has 0 saturated heterocycles. The lowest BCUT2D eigenvalue weighted by atomic mass is 9.75. The molecule has 6 saturated carbocycles. The second-order valence-electron chi connectivity index (χ2n) is 13.3. The van der Waals surface area contributed by atoms with Gasteiger partial charge in [0.1, 0.15) is 0 Å². The number of Topliss-reactive ketones (excluding diaryl/α,β-unsaturated/α-hetero) is 1. The van der Waals surface area contributed by atoms with Gasteiger partial charge in [-0.15, -0.1) is 0 Å². The molecule has 6 rings (SSSR count). The molecule has 0 aromatic carbocycles. The molecule has 6 aliphatic rings. The van der Waals surface area contributed by atoms with Gasteiger partial charge in [0.25, 0.3) is 17.1 Å². The lowest BCUT2D eigenvalue weighted by molar-refractivity contribution is -0.372. The van der Waals surface area contributed by atoms with Gasteiger partial charge in [-0.1, -0.05) is 0 Å². The standard InChI is InChI=1S/C9H3F11O2.C8H3F11.C7F10O/c1-22-2(21)3(10)4(11)7(15,16)5(12,6(3,13)14)9(19,20)8(4,17)18;1-2(9)3(10)6(14,15)4(11,5(2,12)13)8(18,19)7(3,16)17;8-2-1(18)3(9,10)4(11,5(2,12)13)7(16,17)6(2,14)15/h1H3;1H3;. The van der Waals surface area contributed by atoms with Crippen molar-refractivity contribution < 1.29 is 155 Å². The molecule has 0 aliphatic heterocycles. The number of alkyl halides is 32. The van der Waals surface area contributed by atoms with Gasteiger partial charge in [0.05, 0.1) is 7.11 Å². The minimum Gasteiger partial charge on any atom is -0.466 e. The first-order valence-electron chi connectivity index (χ1n) is 13.8. The molecule has 0 radical (unpaired) electrons. The Morgan fingerprint density at radius 3 is 0.915 bits per heavy atom. The van der Waals surface area contributed by atoms with E-state index in [1.165, 1.54) is 0 Å². The highest BCUT2D eigenvalue weighted by molar-refractivity contribution is 6.03. The van der Waals surface area contributed by atoms with Gasteiger partial charge in [-0.25, -0.2) is 39.9 Å². The molecule has 59 heavy (non-hydrogen) atoms. The highest BCUT2D eigenvalue weighted by atomic mass is 19.4. The molecule has 6 fully saturated rings. The summed E-state index contributed by atoms with van der Waals surface area (Å²) in [6.07, 6.45) is 0. The largest absolute Gasteiger partial charge is 0.466 e. The summed E-state index contributed by atoms with van der Waals surface area (Å²) < 4.78 is 425. The van der Waals surface area contributed by atoms with Gasteiger partial charge < -0.3 is 4.74 Å². The van der Waals surface area contributed by atoms with Crippen LogP contribution in [-0.2, 0) is 14.3 Å². The number of halogens is 32. The monoisotopic (exact) mass is 950 g/mol. The molecule has 8 unspecified atom stereocenters. The summed E-state index contributed by atoms with van der Waals surface area (Å²) in [7, 11) is -0.00553. The Hall–Kier alpha value is -3.10. The van der Waals surface area contributed by atoms with E-state index >= 15 is 0 Å². The van der Waals surface area contributed by atoms with E-state index in [0.29, 0.717) is 0 Å². The molecular weight excluding hydrogens is 944 g/mol. The van der Waals surface area contributed by atoms with Crippen molar-refractivity contribution in [3.8, 4) is 0 Å². The van der Waals surface area contributed by atoms with E-state index in [4.69, 9.17) is 0 Å². The first-order chi connectivity index (χ1) is 25.1. The van der Waals surface area contributed by atoms with Gasteiger partial charge in [0.2, 0.25) is 5.67 Å². The van der Waals surface area contributed by atoms with Crippen LogP contribution in [0.3, 0.4) is 0 Å². The first-order valence-corrected chi connectivity index (χ1v) is 13.8. The van der Waals surface area contributed by atoms with Crippen LogP contribution in [0.2, 0.25) is 0 Å². The van der Waals surface area contributed by atoms with Crippen LogP contribution in [0.5, 0.6) is 0 Å². The highest BCUT2D eigenvalue weighted by Crippen LogP contribution is 2.85. The zero-order valence-electron chi connectivity index (χ0n) is 26.3. The molecule has 8 atom stereocenters. The van der Waals surface area contributed by atoms with Crippen LogP contribution in [0, 0.1) is 0 Å². The van der Waals surface area contributed by atoms with Crippen molar-refractivity contribution >= 4 is 11.8 Å². The fraction of sp³-hybridized carbons (Fsp3) is 0.917. The Kier molecular flexibility index (Phi) is 8.55. The summed E-state index contributed by atoms with van der Waals surface area (Å²) in [5, 5.41) is 0. The van der Waals surface area contributed by atoms with Crippen molar-refractivity contribution in [2.45, 2.75) is 123 Å². The van der Waals surface area contributed by atoms with Crippen molar-refractivity contribution in [1.82, 2.24) is 0 Å². The van der Waals surface area contributed by atoms with Crippen molar-refractivity contribution in [3.05, 3.63) is 0 Å². The zero-order chi connectivity index (χ0) is 47.9. The van der Waals surface area contributed by atoms with Crippen LogP contribution in [0.1, 0.15) is 6.92 Å². The molecule has 6 aliphatic carbocycles. The fourth-order valence-electron chi connectivity index (χ4n) is 7.46. The van der Waals surface area contributed by atoms with Gasteiger partial charge >= 0.3 is 105 Å². The third-order valence-corrected chi connectivity index (χ3v) is 10.9. The number of ketones is 1. The highest BCUT2D eigenvalue weighted by Gasteiger charge is 3.19. The van der Waals surface area contributed by atoms with Crippen LogP contribution in [-0.4, -0.2) is 135 Å². The van der Waals surface area contributed by atoms with E-state index in [1.807, 2.05) is 0 Å². The maximum atomic E-state index is 14.0. The third kappa shape index (κ3) is 3.33. The molecule has 6 bridgehead atoms. The molecule has 35 heteroatoms. The molecule has 0 N–H and O–H groups in total. The van der Waals surface area contributed by atoms with Crippen LogP contribution >= 0.6 is 0 Å². The molecule has 0 amide bonds. The first kappa shape index (κ1) is 48.6. The van der Waals surface area contributed by atoms with E-state index in [-0.39, 0.29) is 7.11 Å². The maximum absolute atomic E-state index is 14.0. The molecule has 0 aromatic rings. The number of rotatable bonds is 1. The lowest BCUT2D eigenvalue weighted by Crippen LogP contribution is -2.78. The maximum Gasteiger partial charge on any atom is 0.360 e. The van der Waals surface area contributed by atoms with E-state index in [2.05, 4.69) is 4.74 Å². The normalized spacial score (nSPS) is 48.4. The smallest absolute Gasteiger partial charge is 0.360 e. The van der Waals surface area contributed by atoms with Gasteiger partial charge in [-0.3, -0.25) is 4.79 Å². The Balaban J connectivity index is 0.000000197. The number of fused-ring (bicyclic) bond motifs is 6. The molecule has 0 heterocycles. The summed E-state index contributed by atoms with van der Waals surface area (Å²) in [4.78, 5) is 21.4. The summed E-state index contributed by atoms with van der Waals surface area (Å²) >= 11 is 0. The van der Waals surface area contributed by atoms with Crippen molar-refractivity contribution in [3.63, 3.8) is 0 Å². The number of ether oxygens (including phenoxy) is 1. The van der Waals surface area contributed by atoms with Crippen molar-refractivity contribution in [2.75, 3.05) is 7.11 Å². The van der Waals surface area contributed by atoms with Gasteiger partial charge in [-0.05, 0) is 6.92 Å². The average molecular weight is 950 g/mol. The van der Waals surface area contributed by atoms with Crippen LogP contribution in [0.15, 0.2) is 0 Å². The van der Waals surface area contributed by atoms with Gasteiger partial charge in [0, 0.05) is 0 Å². The summed E-state index contributed by atoms with van der Waals surface area (Å²) in [6.45, 7) is -0.800. The van der Waals surface area contributed by atoms with Crippen molar-refractivity contribution in [2.24, 2.45) is 0 Å². The molecule has 0 aromatic heterocycles. The average Bonchev–Trinajstić information content (AvgIpc) is 3.34. The van der Waals surface area contributed by atoms with E-state index < -0.39 is 135 Å². The number of hydrogen-bond donors (Lipinski definition) is 0. The summed E-state index contributed by atoms with van der Waals surface area (Å²) in [5.74, 6) is -87.6. The van der Waals surface area contributed by atoms with E-state index in [9.17, 15) is 150 Å². The number of methoxy groups -OCH3 is 1. The van der Waals surface area contributed by atoms with E-state index in [0.717, 1.165) is 0 Å². The zero-order valence-corrected chi connectivity index (χ0v) is 26.3. The van der Waals surface area contributed by atoms with Crippen molar-refractivity contribution in [1.29, 1.82) is 0 Å². The molecule has 344 valence electrons. The number of carbonyl (C=O) groups excluding carboxylic acids is 2. The molecule has 3 nitrogen and oxygen atoms in total. The number of carbonyl (C=O) groups is 2. The van der Waals surface area contributed by atoms with Gasteiger partial charge in [0.15, 0.2) is 0 Å². The Bertz CT molecular complexity index is 1820. The lowest BCUT2D eigenvalue weighted by Gasteiger charge is -2.44. The minimum absolute atomic E-state index is 0.00553. The summed E-state index contributed by atoms with van der Waals surface area (Å²) in [6, 6.07) is 0. The predicted octanol–water partition coefficient (Wildman–Crippen LogP) is 9.09. The third-order valence-electron chi connectivity index (χ3n) is 10.9.